The summed E-state index contributed by atoms with van der Waals surface area (Å²) >= 11 is 0. The van der Waals surface area contributed by atoms with Crippen LogP contribution in [0.2, 0.25) is 0 Å². The van der Waals surface area contributed by atoms with E-state index < -0.39 is 13.9 Å². The largest absolute Gasteiger partial charge is 0.472 e. The van der Waals surface area contributed by atoms with Crippen LogP contribution >= 0.6 is 7.82 Å². The van der Waals surface area contributed by atoms with E-state index in [2.05, 4.69) is 26.0 Å². The van der Waals surface area contributed by atoms with Gasteiger partial charge in [-0.3, -0.25) is 13.8 Å². The normalized spacial score (nSPS) is 14.0. The van der Waals surface area contributed by atoms with E-state index in [9.17, 15) is 14.3 Å². The van der Waals surface area contributed by atoms with Gasteiger partial charge in [-0.25, -0.2) is 4.57 Å². The van der Waals surface area contributed by atoms with E-state index in [4.69, 9.17) is 18.5 Å². The van der Waals surface area contributed by atoms with Gasteiger partial charge in [0, 0.05) is 13.0 Å². The van der Waals surface area contributed by atoms with E-state index in [-0.39, 0.29) is 25.8 Å². The number of esters is 1. The number of hydrogen-bond acceptors (Lipinski definition) is 6. The molecule has 0 aliphatic carbocycles. The van der Waals surface area contributed by atoms with Gasteiger partial charge in [-0.05, 0) is 38.5 Å². The topological polar surface area (TPSA) is 91.3 Å². The zero-order valence-electron chi connectivity index (χ0n) is 32.9. The minimum atomic E-state index is -4.26. The van der Waals surface area contributed by atoms with Crippen molar-refractivity contribution in [2.75, 3.05) is 54.1 Å². The van der Waals surface area contributed by atoms with Gasteiger partial charge < -0.3 is 18.9 Å². The summed E-state index contributed by atoms with van der Waals surface area (Å²) in [5.41, 5.74) is 0. The number of nitrogens with zero attached hydrogens (tertiary/aromatic N) is 1. The maximum absolute atomic E-state index is 12.6. The molecule has 0 saturated carbocycles. The van der Waals surface area contributed by atoms with Gasteiger partial charge in [0.25, 0.3) is 0 Å². The van der Waals surface area contributed by atoms with Crippen LogP contribution in [0.15, 0.2) is 12.2 Å². The molecule has 0 amide bonds. The fourth-order valence-electron chi connectivity index (χ4n) is 5.61. The molecule has 0 aromatic carbocycles. The number of carbonyl (C=O) groups is 1. The molecule has 0 fully saturated rings. The number of carbonyl (C=O) groups excluding carboxylic acids is 1. The molecule has 0 radical (unpaired) electrons. The van der Waals surface area contributed by atoms with Crippen LogP contribution in [0, 0.1) is 0 Å². The van der Waals surface area contributed by atoms with Crippen LogP contribution in [0.25, 0.3) is 0 Å². The van der Waals surface area contributed by atoms with Crippen LogP contribution < -0.4 is 0 Å². The molecule has 0 saturated heterocycles. The first-order valence-corrected chi connectivity index (χ1v) is 21.9. The predicted molar refractivity (Wildman–Crippen MR) is 206 cm³/mol. The minimum absolute atomic E-state index is 0.0903. The van der Waals surface area contributed by atoms with Crippen LogP contribution in [0.1, 0.15) is 181 Å². The van der Waals surface area contributed by atoms with E-state index in [0.717, 1.165) is 32.1 Å². The Balaban J connectivity index is 4.24. The quantitative estimate of drug-likeness (QED) is 0.0223. The average Bonchev–Trinajstić information content (AvgIpc) is 3.04. The third-order valence-electron chi connectivity index (χ3n) is 8.83. The van der Waals surface area contributed by atoms with Gasteiger partial charge in [0.05, 0.1) is 34.4 Å². The van der Waals surface area contributed by atoms with E-state index >= 15 is 0 Å². The zero-order valence-corrected chi connectivity index (χ0v) is 33.8. The maximum Gasteiger partial charge on any atom is 0.472 e. The first-order valence-electron chi connectivity index (χ1n) is 20.4. The van der Waals surface area contributed by atoms with Crippen molar-refractivity contribution < 1.29 is 37.3 Å². The molecule has 0 aliphatic heterocycles. The highest BCUT2D eigenvalue weighted by molar-refractivity contribution is 7.47. The number of ether oxygens (including phenoxy) is 2. The molecule has 0 bridgehead atoms. The SMILES string of the molecule is CCCCCCCC/C=C\CCCCCCCCOCC(COP(=O)(O)OCC[N+](C)(C)C)OC(=O)CCCCCCCCCCCCC. The molecule has 0 aromatic heterocycles. The Morgan fingerprint density at radius 1 is 0.612 bits per heavy atom. The molecule has 0 aliphatic rings. The number of rotatable bonds is 38. The van der Waals surface area contributed by atoms with Crippen molar-refractivity contribution >= 4 is 13.8 Å². The van der Waals surface area contributed by atoms with Crippen LogP contribution in [-0.2, 0) is 27.9 Å². The van der Waals surface area contributed by atoms with Crippen LogP contribution in [0.3, 0.4) is 0 Å². The van der Waals surface area contributed by atoms with Crippen molar-refractivity contribution in [2.24, 2.45) is 0 Å². The molecule has 0 rings (SSSR count). The van der Waals surface area contributed by atoms with E-state index in [0.29, 0.717) is 24.1 Å². The summed E-state index contributed by atoms with van der Waals surface area (Å²) in [6.07, 6.45) is 35.2. The molecule has 8 nitrogen and oxygen atoms in total. The summed E-state index contributed by atoms with van der Waals surface area (Å²) in [6.45, 7) is 5.61. The predicted octanol–water partition coefficient (Wildman–Crippen LogP) is 11.5. The minimum Gasteiger partial charge on any atom is -0.457 e. The second kappa shape index (κ2) is 34.3. The molecule has 0 heterocycles. The summed E-state index contributed by atoms with van der Waals surface area (Å²) in [7, 11) is 1.67. The number of allylic oxidation sites excluding steroid dienone is 2. The number of hydrogen-bond donors (Lipinski definition) is 1. The highest BCUT2D eigenvalue weighted by atomic mass is 31.2. The Hall–Kier alpha value is -0.760. The molecule has 0 spiro atoms. The Morgan fingerprint density at radius 3 is 1.55 bits per heavy atom. The lowest BCUT2D eigenvalue weighted by molar-refractivity contribution is -0.870. The molecular formula is C40H81NO7P+. The smallest absolute Gasteiger partial charge is 0.457 e. The monoisotopic (exact) mass is 719 g/mol. The van der Waals surface area contributed by atoms with Gasteiger partial charge in [0.2, 0.25) is 0 Å². The molecule has 2 atom stereocenters. The van der Waals surface area contributed by atoms with Gasteiger partial charge in [0.1, 0.15) is 19.3 Å². The highest BCUT2D eigenvalue weighted by Gasteiger charge is 2.26. The first kappa shape index (κ1) is 48.2. The molecule has 2 unspecified atom stereocenters. The highest BCUT2D eigenvalue weighted by Crippen LogP contribution is 2.43. The Bertz CT molecular complexity index is 802. The van der Waals surface area contributed by atoms with E-state index in [1.165, 1.54) is 128 Å². The number of likely N-dealkylation sites (N-methyl/N-ethyl adjacent to an activating group) is 1. The summed E-state index contributed by atoms with van der Waals surface area (Å²) in [4.78, 5) is 22.8. The van der Waals surface area contributed by atoms with Crippen molar-refractivity contribution in [3.63, 3.8) is 0 Å². The van der Waals surface area contributed by atoms with Crippen molar-refractivity contribution in [3.8, 4) is 0 Å². The third-order valence-corrected chi connectivity index (χ3v) is 9.81. The fourth-order valence-corrected chi connectivity index (χ4v) is 6.35. The van der Waals surface area contributed by atoms with Crippen molar-refractivity contribution in [1.29, 1.82) is 0 Å². The lowest BCUT2D eigenvalue weighted by atomic mass is 10.1. The Labute approximate surface area is 303 Å². The number of unbranched alkanes of at least 4 members (excludes halogenated alkanes) is 22. The van der Waals surface area contributed by atoms with E-state index in [1.807, 2.05) is 21.1 Å². The molecular weight excluding hydrogens is 637 g/mol. The van der Waals surface area contributed by atoms with Crippen molar-refractivity contribution in [1.82, 2.24) is 0 Å². The van der Waals surface area contributed by atoms with Crippen molar-refractivity contribution in [3.05, 3.63) is 12.2 Å². The standard InChI is InChI=1S/C40H80NO7P/c1-6-8-10-12-14-16-18-19-20-21-22-24-26-28-30-32-35-45-37-39(38-47-49(43,44)46-36-34-41(3,4)5)48-40(42)33-31-29-27-25-23-17-15-13-11-9-7-2/h19-20,39H,6-18,21-38H2,1-5H3/p+1/b20-19-. The summed E-state index contributed by atoms with van der Waals surface area (Å²) in [5.74, 6) is -0.316. The second-order valence-corrected chi connectivity index (χ2v) is 16.5. The molecule has 1 N–H and O–H groups in total. The van der Waals surface area contributed by atoms with Crippen LogP contribution in [0.4, 0.5) is 0 Å². The summed E-state index contributed by atoms with van der Waals surface area (Å²) in [6, 6.07) is 0. The zero-order chi connectivity index (χ0) is 36.3. The first-order chi connectivity index (χ1) is 23.6. The summed E-state index contributed by atoms with van der Waals surface area (Å²) in [5, 5.41) is 0. The summed E-state index contributed by atoms with van der Waals surface area (Å²) < 4.78 is 34.9. The molecule has 49 heavy (non-hydrogen) atoms. The fraction of sp³-hybridized carbons (Fsp3) is 0.925. The third kappa shape index (κ3) is 38.3. The van der Waals surface area contributed by atoms with Gasteiger partial charge in [-0.1, -0.05) is 148 Å². The number of phosphoric acid groups is 1. The van der Waals surface area contributed by atoms with Gasteiger partial charge in [-0.2, -0.15) is 0 Å². The van der Waals surface area contributed by atoms with Gasteiger partial charge >= 0.3 is 13.8 Å². The maximum atomic E-state index is 12.6. The Morgan fingerprint density at radius 2 is 1.06 bits per heavy atom. The molecule has 9 heteroatoms. The molecule has 292 valence electrons. The van der Waals surface area contributed by atoms with Crippen LogP contribution in [0.5, 0.6) is 0 Å². The van der Waals surface area contributed by atoms with E-state index in [1.54, 1.807) is 0 Å². The van der Waals surface area contributed by atoms with Crippen LogP contribution in [-0.4, -0.2) is 75.6 Å². The van der Waals surface area contributed by atoms with Gasteiger partial charge in [-0.15, -0.1) is 0 Å². The lowest BCUT2D eigenvalue weighted by Gasteiger charge is -2.24. The Kier molecular flexibility index (Phi) is 33.8. The number of phosphoric ester groups is 1. The lowest BCUT2D eigenvalue weighted by Crippen LogP contribution is -2.37. The second-order valence-electron chi connectivity index (χ2n) is 15.0. The average molecular weight is 719 g/mol. The molecule has 0 aromatic rings. The van der Waals surface area contributed by atoms with Gasteiger partial charge in [0.15, 0.2) is 0 Å². The van der Waals surface area contributed by atoms with Crippen molar-refractivity contribution in [2.45, 2.75) is 187 Å². The number of quaternary nitrogens is 1.